The Kier molecular flexibility index (Phi) is 1.52. The Morgan fingerprint density at radius 2 is 2.38 bits per heavy atom. The Labute approximate surface area is 78.6 Å². The van der Waals surface area contributed by atoms with Gasteiger partial charge in [-0.25, -0.2) is 0 Å². The monoisotopic (exact) mass is 177 g/mol. The lowest BCUT2D eigenvalue weighted by Gasteiger charge is -2.29. The Morgan fingerprint density at radius 3 is 3.08 bits per heavy atom. The van der Waals surface area contributed by atoms with Gasteiger partial charge in [-0.2, -0.15) is 0 Å². The van der Waals surface area contributed by atoms with Crippen LogP contribution in [0.2, 0.25) is 0 Å². The molecular formula is C11H15NO. The van der Waals surface area contributed by atoms with Crippen molar-refractivity contribution in [3.63, 3.8) is 0 Å². The Hall–Kier alpha value is -0.790. The summed E-state index contributed by atoms with van der Waals surface area (Å²) in [7, 11) is 0. The van der Waals surface area contributed by atoms with Crippen LogP contribution in [0.3, 0.4) is 0 Å². The summed E-state index contributed by atoms with van der Waals surface area (Å²) in [5.74, 6) is 1.21. The zero-order valence-electron chi connectivity index (χ0n) is 7.83. The average molecular weight is 177 g/mol. The molecule has 3 rings (SSSR count). The van der Waals surface area contributed by atoms with E-state index in [0.717, 1.165) is 30.9 Å². The number of allylic oxidation sites excluding steroid dienone is 1. The van der Waals surface area contributed by atoms with E-state index in [1.54, 1.807) is 0 Å². The molecule has 13 heavy (non-hydrogen) atoms. The molecule has 0 unspecified atom stereocenters. The van der Waals surface area contributed by atoms with Gasteiger partial charge in [-0.1, -0.05) is 6.08 Å². The van der Waals surface area contributed by atoms with Gasteiger partial charge in [0.25, 0.3) is 0 Å². The molecular weight excluding hydrogens is 162 g/mol. The van der Waals surface area contributed by atoms with E-state index in [1.807, 2.05) is 0 Å². The highest BCUT2D eigenvalue weighted by molar-refractivity contribution is 5.95. The molecule has 2 atom stereocenters. The van der Waals surface area contributed by atoms with Gasteiger partial charge in [-0.15, -0.1) is 0 Å². The molecule has 1 saturated carbocycles. The maximum Gasteiger partial charge on any atom is 0.249 e. The fourth-order valence-corrected chi connectivity index (χ4v) is 2.53. The summed E-state index contributed by atoms with van der Waals surface area (Å²) in [6.45, 7) is 1.01. The van der Waals surface area contributed by atoms with Gasteiger partial charge in [-0.05, 0) is 38.0 Å². The summed E-state index contributed by atoms with van der Waals surface area (Å²) in [6.07, 6.45) is 8.08. The zero-order chi connectivity index (χ0) is 8.84. The molecule has 0 bridgehead atoms. The number of nitrogens with zero attached hydrogens (tertiary/aromatic N) is 1. The van der Waals surface area contributed by atoms with Crippen molar-refractivity contribution >= 4 is 5.91 Å². The van der Waals surface area contributed by atoms with Gasteiger partial charge < -0.3 is 4.90 Å². The van der Waals surface area contributed by atoms with Crippen LogP contribution in [0.4, 0.5) is 0 Å². The number of amides is 1. The highest BCUT2D eigenvalue weighted by Gasteiger charge is 2.46. The van der Waals surface area contributed by atoms with Gasteiger partial charge in [0.15, 0.2) is 0 Å². The third-order valence-electron chi connectivity index (χ3n) is 3.60. The lowest BCUT2D eigenvalue weighted by molar-refractivity contribution is -0.129. The third-order valence-corrected chi connectivity index (χ3v) is 3.60. The lowest BCUT2D eigenvalue weighted by Crippen LogP contribution is -2.39. The first-order valence-electron chi connectivity index (χ1n) is 5.36. The maximum absolute atomic E-state index is 11.9. The first-order chi connectivity index (χ1) is 6.36. The molecule has 70 valence electrons. The van der Waals surface area contributed by atoms with Gasteiger partial charge in [0.1, 0.15) is 0 Å². The molecule has 0 aromatic rings. The van der Waals surface area contributed by atoms with Crippen LogP contribution in [0.1, 0.15) is 32.1 Å². The molecule has 0 N–H and O–H groups in total. The molecule has 0 aromatic heterocycles. The van der Waals surface area contributed by atoms with E-state index in [1.165, 1.54) is 19.3 Å². The van der Waals surface area contributed by atoms with Crippen LogP contribution in [0.5, 0.6) is 0 Å². The van der Waals surface area contributed by atoms with Crippen molar-refractivity contribution in [3.05, 3.63) is 11.6 Å². The minimum Gasteiger partial charge on any atom is -0.336 e. The Bertz CT molecular complexity index is 282. The molecule has 3 aliphatic rings. The van der Waals surface area contributed by atoms with Crippen molar-refractivity contribution in [2.75, 3.05) is 6.54 Å². The van der Waals surface area contributed by atoms with Crippen LogP contribution in [0, 0.1) is 5.92 Å². The van der Waals surface area contributed by atoms with Gasteiger partial charge in [0.05, 0.1) is 0 Å². The topological polar surface area (TPSA) is 20.3 Å². The second-order valence-electron chi connectivity index (χ2n) is 4.47. The molecule has 2 nitrogen and oxygen atoms in total. The quantitative estimate of drug-likeness (QED) is 0.597. The van der Waals surface area contributed by atoms with E-state index >= 15 is 0 Å². The van der Waals surface area contributed by atoms with E-state index in [9.17, 15) is 4.79 Å². The number of hydrogen-bond acceptors (Lipinski definition) is 1. The van der Waals surface area contributed by atoms with Crippen molar-refractivity contribution in [2.45, 2.75) is 38.1 Å². The van der Waals surface area contributed by atoms with Crippen molar-refractivity contribution in [3.8, 4) is 0 Å². The summed E-state index contributed by atoms with van der Waals surface area (Å²) >= 11 is 0. The van der Waals surface area contributed by atoms with E-state index in [4.69, 9.17) is 0 Å². The van der Waals surface area contributed by atoms with Gasteiger partial charge in [0, 0.05) is 18.2 Å². The normalized spacial score (nSPS) is 36.0. The number of piperidine rings is 1. The van der Waals surface area contributed by atoms with Gasteiger partial charge >= 0.3 is 0 Å². The highest BCUT2D eigenvalue weighted by atomic mass is 16.2. The molecule has 2 fully saturated rings. The maximum atomic E-state index is 11.9. The van der Waals surface area contributed by atoms with Crippen LogP contribution in [0.15, 0.2) is 11.6 Å². The predicted molar refractivity (Wildman–Crippen MR) is 50.2 cm³/mol. The number of fused-ring (bicyclic) bond motifs is 1. The van der Waals surface area contributed by atoms with Gasteiger partial charge in [-0.3, -0.25) is 4.79 Å². The summed E-state index contributed by atoms with van der Waals surface area (Å²) < 4.78 is 0. The number of carbonyl (C=O) groups is 1. The van der Waals surface area contributed by atoms with E-state index < -0.39 is 0 Å². The fourth-order valence-electron chi connectivity index (χ4n) is 2.53. The molecule has 0 spiro atoms. The van der Waals surface area contributed by atoms with Crippen LogP contribution in [-0.4, -0.2) is 23.4 Å². The number of likely N-dealkylation sites (tertiary alicyclic amines) is 1. The molecule has 1 saturated heterocycles. The van der Waals surface area contributed by atoms with Crippen molar-refractivity contribution in [1.29, 1.82) is 0 Å². The number of rotatable bonds is 1. The minimum atomic E-state index is 0.346. The highest BCUT2D eigenvalue weighted by Crippen LogP contribution is 2.43. The third kappa shape index (κ3) is 1.11. The molecule has 0 aromatic carbocycles. The first kappa shape index (κ1) is 7.60. The zero-order valence-corrected chi connectivity index (χ0v) is 7.83. The summed E-state index contributed by atoms with van der Waals surface area (Å²) in [5.41, 5.74) is 1.08. The number of hydrogen-bond donors (Lipinski definition) is 0. The predicted octanol–water partition coefficient (Wildman–Crippen LogP) is 1.72. The van der Waals surface area contributed by atoms with Crippen LogP contribution in [0.25, 0.3) is 0 Å². The van der Waals surface area contributed by atoms with Crippen LogP contribution in [-0.2, 0) is 4.79 Å². The van der Waals surface area contributed by atoms with Crippen molar-refractivity contribution in [1.82, 2.24) is 4.90 Å². The Balaban J connectivity index is 1.73. The van der Waals surface area contributed by atoms with E-state index in [0.29, 0.717) is 11.9 Å². The molecule has 2 heteroatoms. The van der Waals surface area contributed by atoms with E-state index in [-0.39, 0.29) is 0 Å². The Morgan fingerprint density at radius 1 is 1.54 bits per heavy atom. The van der Waals surface area contributed by atoms with E-state index in [2.05, 4.69) is 11.0 Å². The molecule has 0 radical (unpaired) electrons. The summed E-state index contributed by atoms with van der Waals surface area (Å²) in [6, 6.07) is 0.628. The standard InChI is InChI=1S/C11H15NO/c13-11(8-3-1-4-8)12-6-2-5-9-7-10(9)12/h3,9-10H,1-2,4-7H2/t9-,10+/m1/s1. The second kappa shape index (κ2) is 2.60. The number of carbonyl (C=O) groups excluding carboxylic acids is 1. The summed E-state index contributed by atoms with van der Waals surface area (Å²) in [4.78, 5) is 14.0. The fraction of sp³-hybridized carbons (Fsp3) is 0.727. The summed E-state index contributed by atoms with van der Waals surface area (Å²) in [5, 5.41) is 0. The molecule has 1 amide bonds. The lowest BCUT2D eigenvalue weighted by atomic mass is 9.97. The molecule has 2 aliphatic carbocycles. The van der Waals surface area contributed by atoms with Crippen molar-refractivity contribution in [2.24, 2.45) is 5.92 Å². The van der Waals surface area contributed by atoms with Crippen molar-refractivity contribution < 1.29 is 4.79 Å². The van der Waals surface area contributed by atoms with Crippen LogP contribution >= 0.6 is 0 Å². The molecule has 1 aliphatic heterocycles. The molecule has 1 heterocycles. The van der Waals surface area contributed by atoms with Crippen LogP contribution < -0.4 is 0 Å². The van der Waals surface area contributed by atoms with Gasteiger partial charge in [0.2, 0.25) is 5.91 Å². The smallest absolute Gasteiger partial charge is 0.249 e. The SMILES string of the molecule is O=C(C1=CCC1)N1CCC[C@@H]2C[C@@H]21. The largest absolute Gasteiger partial charge is 0.336 e. The second-order valence-corrected chi connectivity index (χ2v) is 4.47. The first-order valence-corrected chi connectivity index (χ1v) is 5.36. The average Bonchev–Trinajstić information content (AvgIpc) is 2.77. The minimum absolute atomic E-state index is 0.346.